The van der Waals surface area contributed by atoms with Gasteiger partial charge in [-0.1, -0.05) is 29.5 Å². The van der Waals surface area contributed by atoms with Gasteiger partial charge in [0.05, 0.1) is 6.54 Å². The number of aromatic nitrogens is 2. The molecule has 0 fully saturated rings. The molecule has 0 unspecified atom stereocenters. The van der Waals surface area contributed by atoms with Gasteiger partial charge in [-0.05, 0) is 12.1 Å². The number of hydrogen-bond donors (Lipinski definition) is 2. The Balaban J connectivity index is 2.03. The molecule has 0 saturated carbocycles. The van der Waals surface area contributed by atoms with E-state index in [1.807, 2.05) is 0 Å². The first-order valence-electron chi connectivity index (χ1n) is 5.53. The number of carbonyl (C=O) groups excluding carboxylic acids is 1. The molecule has 1 amide bonds. The topological polar surface area (TPSA) is 94.0 Å². The molecule has 0 atom stereocenters. The van der Waals surface area contributed by atoms with Gasteiger partial charge in [0, 0.05) is 18.1 Å². The molecule has 0 aliphatic heterocycles. The molecule has 98 valence electrons. The van der Waals surface area contributed by atoms with Crippen LogP contribution in [0.4, 0.5) is 0 Å². The Hall–Kier alpha value is -2.28. The van der Waals surface area contributed by atoms with Crippen molar-refractivity contribution >= 4 is 23.1 Å². The molecule has 0 spiro atoms. The summed E-state index contributed by atoms with van der Waals surface area (Å²) < 4.78 is 4.81. The average Bonchev–Trinajstić information content (AvgIpc) is 2.82. The van der Waals surface area contributed by atoms with Crippen LogP contribution in [0.15, 0.2) is 28.8 Å². The van der Waals surface area contributed by atoms with Crippen LogP contribution in [-0.4, -0.2) is 21.0 Å². The SMILES string of the molecule is Cc1nc(CNC(=O)c2cccc(C(N)=S)c2)no1. The monoisotopic (exact) mass is 276 g/mol. The Bertz CT molecular complexity index is 624. The van der Waals surface area contributed by atoms with E-state index >= 15 is 0 Å². The highest BCUT2D eigenvalue weighted by molar-refractivity contribution is 7.80. The maximum absolute atomic E-state index is 11.9. The van der Waals surface area contributed by atoms with Crippen LogP contribution < -0.4 is 11.1 Å². The first kappa shape index (κ1) is 13.2. The standard InChI is InChI=1S/C12H12N4O2S/c1-7-15-10(16-18-7)6-14-12(17)9-4-2-3-8(5-9)11(13)19/h2-5H,6H2,1H3,(H2,13,19)(H,14,17). The van der Waals surface area contributed by atoms with Crippen molar-refractivity contribution in [2.75, 3.05) is 0 Å². The van der Waals surface area contributed by atoms with Gasteiger partial charge in [0.15, 0.2) is 5.82 Å². The number of aryl methyl sites for hydroxylation is 1. The molecule has 2 rings (SSSR count). The summed E-state index contributed by atoms with van der Waals surface area (Å²) in [4.78, 5) is 16.2. The van der Waals surface area contributed by atoms with Crippen molar-refractivity contribution in [3.05, 3.63) is 47.1 Å². The summed E-state index contributed by atoms with van der Waals surface area (Å²) in [5, 5.41) is 6.37. The molecule has 19 heavy (non-hydrogen) atoms. The zero-order chi connectivity index (χ0) is 13.8. The van der Waals surface area contributed by atoms with E-state index in [-0.39, 0.29) is 17.4 Å². The number of thiocarbonyl (C=S) groups is 1. The summed E-state index contributed by atoms with van der Waals surface area (Å²) in [5.74, 6) is 0.636. The van der Waals surface area contributed by atoms with Crippen LogP contribution in [0.5, 0.6) is 0 Å². The van der Waals surface area contributed by atoms with Gasteiger partial charge >= 0.3 is 0 Å². The summed E-state index contributed by atoms with van der Waals surface area (Å²) in [6.45, 7) is 1.89. The van der Waals surface area contributed by atoms with E-state index in [0.29, 0.717) is 22.8 Å². The Morgan fingerprint density at radius 2 is 2.21 bits per heavy atom. The van der Waals surface area contributed by atoms with Gasteiger partial charge in [-0.2, -0.15) is 4.98 Å². The smallest absolute Gasteiger partial charge is 0.251 e. The molecule has 7 heteroatoms. The molecule has 1 aromatic carbocycles. The molecule has 0 bridgehead atoms. The quantitative estimate of drug-likeness (QED) is 0.807. The molecule has 0 aliphatic rings. The fourth-order valence-electron chi connectivity index (χ4n) is 1.49. The second-order valence-corrected chi connectivity index (χ2v) is 4.30. The molecule has 6 nitrogen and oxygen atoms in total. The van der Waals surface area contributed by atoms with E-state index in [1.165, 1.54) is 0 Å². The van der Waals surface area contributed by atoms with Gasteiger partial charge in [-0.3, -0.25) is 4.79 Å². The van der Waals surface area contributed by atoms with Crippen LogP contribution in [0.3, 0.4) is 0 Å². The predicted octanol–water partition coefficient (Wildman–Crippen LogP) is 0.942. The molecular formula is C12H12N4O2S. The van der Waals surface area contributed by atoms with Gasteiger partial charge in [0.25, 0.3) is 5.91 Å². The van der Waals surface area contributed by atoms with Crippen LogP contribution in [-0.2, 0) is 6.54 Å². The fraction of sp³-hybridized carbons (Fsp3) is 0.167. The second-order valence-electron chi connectivity index (χ2n) is 3.86. The number of nitrogens with one attached hydrogen (secondary N) is 1. The van der Waals surface area contributed by atoms with Crippen molar-refractivity contribution < 1.29 is 9.32 Å². The summed E-state index contributed by atoms with van der Waals surface area (Å²) >= 11 is 4.87. The molecule has 3 N–H and O–H groups in total. The average molecular weight is 276 g/mol. The minimum atomic E-state index is -0.249. The maximum atomic E-state index is 11.9. The minimum Gasteiger partial charge on any atom is -0.389 e. The minimum absolute atomic E-state index is 0.202. The first-order valence-corrected chi connectivity index (χ1v) is 5.94. The van der Waals surface area contributed by atoms with Crippen molar-refractivity contribution in [1.82, 2.24) is 15.5 Å². The molecule has 0 saturated heterocycles. The summed E-state index contributed by atoms with van der Waals surface area (Å²) in [5.41, 5.74) is 6.65. The van der Waals surface area contributed by atoms with E-state index in [2.05, 4.69) is 15.5 Å². The van der Waals surface area contributed by atoms with Crippen LogP contribution >= 0.6 is 12.2 Å². The van der Waals surface area contributed by atoms with E-state index in [9.17, 15) is 4.79 Å². The Morgan fingerprint density at radius 3 is 2.84 bits per heavy atom. The largest absolute Gasteiger partial charge is 0.389 e. The molecule has 1 aromatic heterocycles. The van der Waals surface area contributed by atoms with Gasteiger partial charge in [0.1, 0.15) is 4.99 Å². The van der Waals surface area contributed by atoms with Crippen molar-refractivity contribution in [2.45, 2.75) is 13.5 Å². The summed E-state index contributed by atoms with van der Waals surface area (Å²) in [7, 11) is 0. The summed E-state index contributed by atoms with van der Waals surface area (Å²) in [6, 6.07) is 6.79. The lowest BCUT2D eigenvalue weighted by Gasteiger charge is -2.04. The zero-order valence-electron chi connectivity index (χ0n) is 10.2. The normalized spacial score (nSPS) is 10.2. The van der Waals surface area contributed by atoms with Crippen LogP contribution in [0.1, 0.15) is 27.6 Å². The lowest BCUT2D eigenvalue weighted by atomic mass is 10.1. The van der Waals surface area contributed by atoms with Crippen molar-refractivity contribution in [2.24, 2.45) is 5.73 Å². The first-order chi connectivity index (χ1) is 9.06. The van der Waals surface area contributed by atoms with E-state index < -0.39 is 0 Å². The number of carbonyl (C=O) groups is 1. The maximum Gasteiger partial charge on any atom is 0.251 e. The highest BCUT2D eigenvalue weighted by Gasteiger charge is 2.09. The molecule has 2 aromatic rings. The van der Waals surface area contributed by atoms with Gasteiger partial charge in [0.2, 0.25) is 5.89 Å². The third kappa shape index (κ3) is 3.35. The Labute approximate surface area is 115 Å². The Morgan fingerprint density at radius 1 is 1.47 bits per heavy atom. The van der Waals surface area contributed by atoms with Crippen molar-refractivity contribution in [1.29, 1.82) is 0 Å². The Kier molecular flexibility index (Phi) is 3.86. The number of nitrogens with zero attached hydrogens (tertiary/aromatic N) is 2. The number of rotatable bonds is 4. The highest BCUT2D eigenvalue weighted by atomic mass is 32.1. The van der Waals surface area contributed by atoms with Gasteiger partial charge in [-0.25, -0.2) is 0 Å². The van der Waals surface area contributed by atoms with Crippen LogP contribution in [0.25, 0.3) is 0 Å². The van der Waals surface area contributed by atoms with Gasteiger partial charge in [-0.15, -0.1) is 0 Å². The van der Waals surface area contributed by atoms with E-state index in [1.54, 1.807) is 31.2 Å². The van der Waals surface area contributed by atoms with E-state index in [0.717, 1.165) is 0 Å². The van der Waals surface area contributed by atoms with Crippen molar-refractivity contribution in [3.8, 4) is 0 Å². The molecular weight excluding hydrogens is 264 g/mol. The molecule has 0 radical (unpaired) electrons. The van der Waals surface area contributed by atoms with E-state index in [4.69, 9.17) is 22.5 Å². The zero-order valence-corrected chi connectivity index (χ0v) is 11.0. The van der Waals surface area contributed by atoms with Crippen LogP contribution in [0.2, 0.25) is 0 Å². The number of benzene rings is 1. The highest BCUT2D eigenvalue weighted by Crippen LogP contribution is 2.05. The predicted molar refractivity (Wildman–Crippen MR) is 72.5 cm³/mol. The lowest BCUT2D eigenvalue weighted by molar-refractivity contribution is 0.0949. The third-order valence-electron chi connectivity index (χ3n) is 2.39. The second kappa shape index (κ2) is 5.57. The lowest BCUT2D eigenvalue weighted by Crippen LogP contribution is -2.24. The number of nitrogens with two attached hydrogens (primary N) is 1. The molecule has 0 aliphatic carbocycles. The number of hydrogen-bond acceptors (Lipinski definition) is 5. The van der Waals surface area contributed by atoms with Gasteiger partial charge < -0.3 is 15.6 Å². The number of amides is 1. The summed E-state index contributed by atoms with van der Waals surface area (Å²) in [6.07, 6.45) is 0. The fourth-order valence-corrected chi connectivity index (χ4v) is 1.62. The third-order valence-corrected chi connectivity index (χ3v) is 2.62. The van der Waals surface area contributed by atoms with Crippen molar-refractivity contribution in [3.63, 3.8) is 0 Å². The molecule has 1 heterocycles. The van der Waals surface area contributed by atoms with Crippen LogP contribution in [0, 0.1) is 6.92 Å².